The van der Waals surface area contributed by atoms with Gasteiger partial charge in [0.1, 0.15) is 0 Å². The highest BCUT2D eigenvalue weighted by molar-refractivity contribution is 5.20. The number of nitrogens with zero attached hydrogens (tertiary/aromatic N) is 2. The standard InChI is InChI=1S/C15H28N4O/c1-4-13(12-9-7-6-8-10-12)17-15-19-18-14(20-15)11(3)16-5-2/h11-13,16H,4-10H2,1-3H3,(H,17,19). The first-order valence-electron chi connectivity index (χ1n) is 8.07. The molecule has 1 heterocycles. The molecule has 1 fully saturated rings. The van der Waals surface area contributed by atoms with Crippen molar-refractivity contribution in [3.05, 3.63) is 5.89 Å². The highest BCUT2D eigenvalue weighted by Gasteiger charge is 2.24. The van der Waals surface area contributed by atoms with E-state index in [-0.39, 0.29) is 6.04 Å². The van der Waals surface area contributed by atoms with E-state index in [1.54, 1.807) is 0 Å². The third-order valence-electron chi connectivity index (χ3n) is 4.29. The molecular formula is C15H28N4O. The fraction of sp³-hybridized carbons (Fsp3) is 0.867. The third kappa shape index (κ3) is 3.95. The largest absolute Gasteiger partial charge is 0.406 e. The first-order valence-corrected chi connectivity index (χ1v) is 8.07. The fourth-order valence-electron chi connectivity index (χ4n) is 3.11. The number of rotatable bonds is 7. The Morgan fingerprint density at radius 3 is 2.60 bits per heavy atom. The molecule has 114 valence electrons. The van der Waals surface area contributed by atoms with Gasteiger partial charge in [0.25, 0.3) is 0 Å². The van der Waals surface area contributed by atoms with Crippen LogP contribution in [0.3, 0.4) is 0 Å². The molecule has 0 radical (unpaired) electrons. The summed E-state index contributed by atoms with van der Waals surface area (Å²) in [5.74, 6) is 1.41. The molecule has 20 heavy (non-hydrogen) atoms. The van der Waals surface area contributed by atoms with E-state index in [1.165, 1.54) is 32.1 Å². The summed E-state index contributed by atoms with van der Waals surface area (Å²) in [7, 11) is 0. The second-order valence-corrected chi connectivity index (χ2v) is 5.78. The molecule has 5 nitrogen and oxygen atoms in total. The topological polar surface area (TPSA) is 63.0 Å². The molecular weight excluding hydrogens is 252 g/mol. The molecule has 0 spiro atoms. The molecule has 0 aliphatic heterocycles. The van der Waals surface area contributed by atoms with Gasteiger partial charge in [0, 0.05) is 6.04 Å². The van der Waals surface area contributed by atoms with Gasteiger partial charge in [0.05, 0.1) is 6.04 Å². The van der Waals surface area contributed by atoms with Gasteiger partial charge < -0.3 is 15.1 Å². The lowest BCUT2D eigenvalue weighted by molar-refractivity contribution is 0.308. The molecule has 0 aromatic carbocycles. The van der Waals surface area contributed by atoms with Crippen molar-refractivity contribution < 1.29 is 4.42 Å². The highest BCUT2D eigenvalue weighted by Crippen LogP contribution is 2.29. The number of nitrogens with one attached hydrogen (secondary N) is 2. The molecule has 5 heteroatoms. The summed E-state index contributed by atoms with van der Waals surface area (Å²) >= 11 is 0. The Hall–Kier alpha value is -1.10. The van der Waals surface area contributed by atoms with Crippen molar-refractivity contribution in [2.45, 2.75) is 71.4 Å². The van der Waals surface area contributed by atoms with Crippen LogP contribution in [0.5, 0.6) is 0 Å². The lowest BCUT2D eigenvalue weighted by atomic mass is 9.83. The maximum Gasteiger partial charge on any atom is 0.315 e. The summed E-state index contributed by atoms with van der Waals surface area (Å²) in [4.78, 5) is 0. The SMILES string of the molecule is CCNC(C)c1nnc(NC(CC)C2CCCCC2)o1. The molecule has 0 amide bonds. The number of aromatic nitrogens is 2. The zero-order chi connectivity index (χ0) is 14.4. The predicted octanol–water partition coefficient (Wildman–Crippen LogP) is 3.51. The smallest absolute Gasteiger partial charge is 0.315 e. The highest BCUT2D eigenvalue weighted by atomic mass is 16.4. The van der Waals surface area contributed by atoms with E-state index >= 15 is 0 Å². The van der Waals surface area contributed by atoms with E-state index in [0.717, 1.165) is 18.9 Å². The van der Waals surface area contributed by atoms with E-state index in [1.807, 2.05) is 6.92 Å². The Balaban J connectivity index is 1.93. The van der Waals surface area contributed by atoms with Crippen LogP contribution in [0.15, 0.2) is 4.42 Å². The molecule has 2 atom stereocenters. The van der Waals surface area contributed by atoms with Crippen LogP contribution in [0, 0.1) is 5.92 Å². The van der Waals surface area contributed by atoms with Crippen LogP contribution < -0.4 is 10.6 Å². The minimum Gasteiger partial charge on any atom is -0.406 e. The minimum atomic E-state index is 0.109. The first-order chi connectivity index (χ1) is 9.74. The van der Waals surface area contributed by atoms with E-state index in [2.05, 4.69) is 34.7 Å². The maximum atomic E-state index is 5.73. The third-order valence-corrected chi connectivity index (χ3v) is 4.29. The molecule has 2 unspecified atom stereocenters. The molecule has 1 aromatic heterocycles. The van der Waals surface area contributed by atoms with Crippen LogP contribution in [-0.4, -0.2) is 22.8 Å². The second kappa shape index (κ2) is 7.62. The summed E-state index contributed by atoms with van der Waals surface area (Å²) < 4.78 is 5.73. The summed E-state index contributed by atoms with van der Waals surface area (Å²) in [5, 5.41) is 15.0. The Labute approximate surface area is 121 Å². The van der Waals surface area contributed by atoms with Crippen LogP contribution in [-0.2, 0) is 0 Å². The van der Waals surface area contributed by atoms with Gasteiger partial charge in [-0.1, -0.05) is 38.2 Å². The molecule has 2 N–H and O–H groups in total. The summed E-state index contributed by atoms with van der Waals surface area (Å²) in [6.45, 7) is 7.23. The van der Waals surface area contributed by atoms with E-state index < -0.39 is 0 Å². The summed E-state index contributed by atoms with van der Waals surface area (Å²) in [5.41, 5.74) is 0. The van der Waals surface area contributed by atoms with E-state index in [4.69, 9.17) is 4.42 Å². The molecule has 1 aliphatic rings. The molecule has 1 saturated carbocycles. The van der Waals surface area contributed by atoms with E-state index in [0.29, 0.717) is 17.9 Å². The van der Waals surface area contributed by atoms with Gasteiger partial charge in [0.2, 0.25) is 5.89 Å². The van der Waals surface area contributed by atoms with Gasteiger partial charge in [-0.3, -0.25) is 0 Å². The van der Waals surface area contributed by atoms with Gasteiger partial charge in [0.15, 0.2) is 0 Å². The number of hydrogen-bond acceptors (Lipinski definition) is 5. The predicted molar refractivity (Wildman–Crippen MR) is 80.7 cm³/mol. The van der Waals surface area contributed by atoms with Crippen LogP contribution in [0.4, 0.5) is 6.01 Å². The van der Waals surface area contributed by atoms with Gasteiger partial charge in [-0.25, -0.2) is 0 Å². The van der Waals surface area contributed by atoms with Crippen LogP contribution in [0.25, 0.3) is 0 Å². The average Bonchev–Trinajstić information content (AvgIpc) is 2.94. The van der Waals surface area contributed by atoms with E-state index in [9.17, 15) is 0 Å². The fourth-order valence-corrected chi connectivity index (χ4v) is 3.11. The monoisotopic (exact) mass is 280 g/mol. The van der Waals surface area contributed by atoms with Crippen LogP contribution in [0.2, 0.25) is 0 Å². The van der Waals surface area contributed by atoms with Crippen molar-refractivity contribution in [3.8, 4) is 0 Å². The summed E-state index contributed by atoms with van der Waals surface area (Å²) in [6, 6.07) is 1.14. The number of hydrogen-bond donors (Lipinski definition) is 2. The number of anilines is 1. The quantitative estimate of drug-likeness (QED) is 0.800. The van der Waals surface area contributed by atoms with Gasteiger partial charge in [-0.2, -0.15) is 0 Å². The van der Waals surface area contributed by atoms with Crippen molar-refractivity contribution in [1.29, 1.82) is 0 Å². The first kappa shape index (κ1) is 15.3. The molecule has 0 saturated heterocycles. The second-order valence-electron chi connectivity index (χ2n) is 5.78. The molecule has 1 aromatic rings. The molecule has 0 bridgehead atoms. The normalized spacial score (nSPS) is 19.8. The maximum absolute atomic E-state index is 5.73. The van der Waals surface area contributed by atoms with Gasteiger partial charge in [-0.05, 0) is 38.6 Å². The Bertz CT molecular complexity index is 387. The van der Waals surface area contributed by atoms with Crippen LogP contribution >= 0.6 is 0 Å². The zero-order valence-electron chi connectivity index (χ0n) is 13.0. The van der Waals surface area contributed by atoms with Crippen molar-refractivity contribution in [3.63, 3.8) is 0 Å². The van der Waals surface area contributed by atoms with Crippen molar-refractivity contribution in [2.24, 2.45) is 5.92 Å². The molecule has 1 aliphatic carbocycles. The zero-order valence-corrected chi connectivity index (χ0v) is 13.0. The lowest BCUT2D eigenvalue weighted by Gasteiger charge is -2.29. The minimum absolute atomic E-state index is 0.109. The Morgan fingerprint density at radius 2 is 1.95 bits per heavy atom. The van der Waals surface area contributed by atoms with Gasteiger partial charge in [-0.15, -0.1) is 5.10 Å². The Morgan fingerprint density at radius 1 is 1.20 bits per heavy atom. The Kier molecular flexibility index (Phi) is 5.83. The van der Waals surface area contributed by atoms with Crippen molar-refractivity contribution in [2.75, 3.05) is 11.9 Å². The van der Waals surface area contributed by atoms with Crippen molar-refractivity contribution >= 4 is 6.01 Å². The molecule has 2 rings (SSSR count). The van der Waals surface area contributed by atoms with Crippen molar-refractivity contribution in [1.82, 2.24) is 15.5 Å². The lowest BCUT2D eigenvalue weighted by Crippen LogP contribution is -2.30. The average molecular weight is 280 g/mol. The summed E-state index contributed by atoms with van der Waals surface area (Å²) in [6.07, 6.45) is 7.84. The van der Waals surface area contributed by atoms with Gasteiger partial charge >= 0.3 is 6.01 Å². The van der Waals surface area contributed by atoms with Crippen LogP contribution in [0.1, 0.15) is 71.2 Å².